The fourth-order valence-electron chi connectivity index (χ4n) is 3.10. The van der Waals surface area contributed by atoms with Crippen molar-refractivity contribution in [2.75, 3.05) is 6.61 Å². The third kappa shape index (κ3) is 3.50. The molecule has 6 nitrogen and oxygen atoms in total. The van der Waals surface area contributed by atoms with Crippen LogP contribution in [-0.4, -0.2) is 27.6 Å². The third-order valence-electron chi connectivity index (χ3n) is 4.47. The van der Waals surface area contributed by atoms with Crippen LogP contribution in [-0.2, 0) is 28.9 Å². The lowest BCUT2D eigenvalue weighted by Gasteiger charge is -2.17. The average Bonchev–Trinajstić information content (AvgIpc) is 2.92. The molecule has 2 heterocycles. The summed E-state index contributed by atoms with van der Waals surface area (Å²) in [5, 5.41) is 8.72. The van der Waals surface area contributed by atoms with Gasteiger partial charge in [-0.05, 0) is 37.2 Å². The van der Waals surface area contributed by atoms with Gasteiger partial charge in [-0.2, -0.15) is 4.68 Å². The van der Waals surface area contributed by atoms with E-state index in [0.29, 0.717) is 22.7 Å². The number of hydrogen-bond acceptors (Lipinski definition) is 6. The maximum atomic E-state index is 12.7. The van der Waals surface area contributed by atoms with Gasteiger partial charge in [-0.15, -0.1) is 16.4 Å². The van der Waals surface area contributed by atoms with Crippen molar-refractivity contribution in [1.82, 2.24) is 15.0 Å². The normalized spacial score (nSPS) is 17.0. The number of unbranched alkanes of at least 4 members (excludes halogenated alkanes) is 2. The topological polar surface area (TPSA) is 74.1 Å². The van der Waals surface area contributed by atoms with Gasteiger partial charge in [0.1, 0.15) is 6.54 Å². The highest BCUT2D eigenvalue weighted by Crippen LogP contribution is 2.35. The van der Waals surface area contributed by atoms with Crippen molar-refractivity contribution in [2.45, 2.75) is 58.9 Å². The minimum Gasteiger partial charge on any atom is -0.464 e. The Bertz CT molecular complexity index is 796. The lowest BCUT2D eigenvalue weighted by molar-refractivity contribution is -0.144. The molecule has 130 valence electrons. The Kier molecular flexibility index (Phi) is 5.28. The van der Waals surface area contributed by atoms with Crippen LogP contribution in [0.15, 0.2) is 4.79 Å². The monoisotopic (exact) mass is 349 g/mol. The summed E-state index contributed by atoms with van der Waals surface area (Å²) in [6.45, 7) is 4.54. The van der Waals surface area contributed by atoms with Crippen molar-refractivity contribution in [1.29, 1.82) is 0 Å². The van der Waals surface area contributed by atoms with E-state index in [1.165, 1.54) is 4.88 Å². The van der Waals surface area contributed by atoms with Crippen molar-refractivity contribution in [3.63, 3.8) is 0 Å². The number of carbonyl (C=O) groups is 1. The van der Waals surface area contributed by atoms with E-state index in [2.05, 4.69) is 24.2 Å². The van der Waals surface area contributed by atoms with E-state index in [-0.39, 0.29) is 12.1 Å². The number of ether oxygens (including phenoxy) is 1. The van der Waals surface area contributed by atoms with Crippen LogP contribution in [0.25, 0.3) is 10.2 Å². The molecular formula is C17H23N3O3S. The summed E-state index contributed by atoms with van der Waals surface area (Å²) in [6, 6.07) is 0. The van der Waals surface area contributed by atoms with Gasteiger partial charge < -0.3 is 4.74 Å². The minimum absolute atomic E-state index is 0.172. The van der Waals surface area contributed by atoms with Gasteiger partial charge in [-0.3, -0.25) is 9.59 Å². The van der Waals surface area contributed by atoms with Crippen LogP contribution in [0.4, 0.5) is 0 Å². The Balaban J connectivity index is 1.79. The van der Waals surface area contributed by atoms with E-state index >= 15 is 0 Å². The van der Waals surface area contributed by atoms with Gasteiger partial charge in [-0.1, -0.05) is 31.9 Å². The molecule has 1 aliphatic rings. The van der Waals surface area contributed by atoms with E-state index in [0.717, 1.165) is 48.8 Å². The maximum Gasteiger partial charge on any atom is 0.327 e. The molecule has 0 saturated carbocycles. The minimum atomic E-state index is -0.431. The molecule has 2 aromatic rings. The number of esters is 1. The van der Waals surface area contributed by atoms with Crippen LogP contribution in [0.2, 0.25) is 0 Å². The second kappa shape index (κ2) is 7.42. The molecule has 1 atom stereocenters. The zero-order valence-corrected chi connectivity index (χ0v) is 15.0. The van der Waals surface area contributed by atoms with Gasteiger partial charge in [0.15, 0.2) is 4.83 Å². The molecule has 1 aliphatic carbocycles. The number of aromatic nitrogens is 3. The fourth-order valence-corrected chi connectivity index (χ4v) is 4.42. The summed E-state index contributed by atoms with van der Waals surface area (Å²) in [7, 11) is 0. The van der Waals surface area contributed by atoms with Gasteiger partial charge in [0.25, 0.3) is 5.56 Å². The zero-order chi connectivity index (χ0) is 17.1. The summed E-state index contributed by atoms with van der Waals surface area (Å²) in [4.78, 5) is 26.5. The highest BCUT2D eigenvalue weighted by atomic mass is 32.1. The van der Waals surface area contributed by atoms with Crippen molar-refractivity contribution in [3.8, 4) is 0 Å². The Morgan fingerprint density at radius 2 is 2.25 bits per heavy atom. The number of thiophene rings is 1. The SMILES string of the molecule is CCCCCOC(=O)Cn1nnc2sc3c(c2c1=O)CCC(C)C3. The van der Waals surface area contributed by atoms with Crippen molar-refractivity contribution in [3.05, 3.63) is 20.8 Å². The second-order valence-electron chi connectivity index (χ2n) is 6.51. The largest absolute Gasteiger partial charge is 0.464 e. The van der Waals surface area contributed by atoms with Gasteiger partial charge in [-0.25, -0.2) is 0 Å². The van der Waals surface area contributed by atoms with E-state index in [1.807, 2.05) is 0 Å². The van der Waals surface area contributed by atoms with Crippen LogP contribution < -0.4 is 5.56 Å². The molecule has 0 aromatic carbocycles. The Hall–Kier alpha value is -1.76. The molecule has 24 heavy (non-hydrogen) atoms. The Labute approximate surface area is 144 Å². The average molecular weight is 349 g/mol. The van der Waals surface area contributed by atoms with E-state index in [9.17, 15) is 9.59 Å². The summed E-state index contributed by atoms with van der Waals surface area (Å²) < 4.78 is 6.29. The maximum absolute atomic E-state index is 12.7. The molecule has 0 amide bonds. The van der Waals surface area contributed by atoms with Gasteiger partial charge in [0.2, 0.25) is 0 Å². The van der Waals surface area contributed by atoms with Gasteiger partial charge in [0.05, 0.1) is 12.0 Å². The number of carbonyl (C=O) groups excluding carboxylic acids is 1. The van der Waals surface area contributed by atoms with Gasteiger partial charge in [0, 0.05) is 4.88 Å². The van der Waals surface area contributed by atoms with E-state index in [1.54, 1.807) is 11.3 Å². The third-order valence-corrected chi connectivity index (χ3v) is 5.61. The van der Waals surface area contributed by atoms with E-state index < -0.39 is 5.97 Å². The highest BCUT2D eigenvalue weighted by Gasteiger charge is 2.24. The summed E-state index contributed by atoms with van der Waals surface area (Å²) in [6.07, 6.45) is 5.92. The highest BCUT2D eigenvalue weighted by molar-refractivity contribution is 7.18. The molecule has 0 spiro atoms. The standard InChI is InChI=1S/C17H23N3O3S/c1-3-4-5-8-23-14(21)10-20-17(22)15-12-7-6-11(2)9-13(12)24-16(15)18-19-20/h11H,3-10H2,1-2H3. The quantitative estimate of drug-likeness (QED) is 0.592. The molecule has 7 heteroatoms. The summed E-state index contributed by atoms with van der Waals surface area (Å²) >= 11 is 1.56. The van der Waals surface area contributed by atoms with Crippen LogP contribution in [0.3, 0.4) is 0 Å². The molecular weight excluding hydrogens is 326 g/mol. The van der Waals surface area contributed by atoms with Crippen molar-refractivity contribution in [2.24, 2.45) is 5.92 Å². The fraction of sp³-hybridized carbons (Fsp3) is 0.647. The summed E-state index contributed by atoms with van der Waals surface area (Å²) in [5.41, 5.74) is 0.885. The molecule has 0 bridgehead atoms. The lowest BCUT2D eigenvalue weighted by Crippen LogP contribution is -2.29. The number of nitrogens with zero attached hydrogens (tertiary/aromatic N) is 3. The number of aryl methyl sites for hydroxylation is 1. The smallest absolute Gasteiger partial charge is 0.327 e. The zero-order valence-electron chi connectivity index (χ0n) is 14.2. The molecule has 0 N–H and O–H groups in total. The van der Waals surface area contributed by atoms with Crippen LogP contribution in [0.1, 0.15) is 50.0 Å². The van der Waals surface area contributed by atoms with E-state index in [4.69, 9.17) is 4.74 Å². The Morgan fingerprint density at radius 3 is 3.04 bits per heavy atom. The molecule has 0 aliphatic heterocycles. The molecule has 0 saturated heterocycles. The molecule has 0 fully saturated rings. The number of rotatable bonds is 6. The van der Waals surface area contributed by atoms with Gasteiger partial charge >= 0.3 is 5.97 Å². The Morgan fingerprint density at radius 1 is 1.42 bits per heavy atom. The number of fused-ring (bicyclic) bond motifs is 3. The lowest BCUT2D eigenvalue weighted by atomic mass is 9.89. The molecule has 1 unspecified atom stereocenters. The van der Waals surface area contributed by atoms with Crippen LogP contribution in [0.5, 0.6) is 0 Å². The molecule has 0 radical (unpaired) electrons. The number of hydrogen-bond donors (Lipinski definition) is 0. The molecule has 3 rings (SSSR count). The van der Waals surface area contributed by atoms with Crippen LogP contribution >= 0.6 is 11.3 Å². The first-order valence-electron chi connectivity index (χ1n) is 8.63. The van der Waals surface area contributed by atoms with Crippen LogP contribution in [0, 0.1) is 5.92 Å². The predicted molar refractivity (Wildman–Crippen MR) is 93.3 cm³/mol. The van der Waals surface area contributed by atoms with Crippen molar-refractivity contribution >= 4 is 27.5 Å². The van der Waals surface area contributed by atoms with Crippen molar-refractivity contribution < 1.29 is 9.53 Å². The molecule has 2 aromatic heterocycles. The first kappa shape index (κ1) is 17.1. The summed E-state index contributed by atoms with van der Waals surface area (Å²) in [5.74, 6) is 0.207. The predicted octanol–water partition coefficient (Wildman–Crippen LogP) is 2.71. The second-order valence-corrected chi connectivity index (χ2v) is 7.60. The first-order valence-corrected chi connectivity index (χ1v) is 9.45. The first-order chi connectivity index (χ1) is 11.6.